The van der Waals surface area contributed by atoms with Crippen LogP contribution >= 0.6 is 12.2 Å². The molecule has 1 fully saturated rings. The van der Waals surface area contributed by atoms with E-state index in [4.69, 9.17) is 18.0 Å². The van der Waals surface area contributed by atoms with Gasteiger partial charge in [-0.05, 0) is 25.0 Å². The van der Waals surface area contributed by atoms with Crippen molar-refractivity contribution in [3.63, 3.8) is 0 Å². The lowest BCUT2D eigenvalue weighted by molar-refractivity contribution is 0.0929. The molecule has 0 bridgehead atoms. The number of hydrogen-bond donors (Lipinski definition) is 2. The Bertz CT molecular complexity index is 521. The standard InChI is InChI=1S/C13H14F2N2OS/c14-7-4-5-8(10(15)6-7)13(18)17-11-3-1-2-9(11)12(16)19/h4-6,9,11H,1-3H2,(H2,16,19)(H,17,18). The van der Waals surface area contributed by atoms with E-state index in [1.807, 2.05) is 0 Å². The molecule has 0 heterocycles. The van der Waals surface area contributed by atoms with Crippen LogP contribution in [0.3, 0.4) is 0 Å². The molecule has 19 heavy (non-hydrogen) atoms. The highest BCUT2D eigenvalue weighted by atomic mass is 32.1. The lowest BCUT2D eigenvalue weighted by Crippen LogP contribution is -2.42. The summed E-state index contributed by atoms with van der Waals surface area (Å²) < 4.78 is 26.3. The van der Waals surface area contributed by atoms with Crippen molar-refractivity contribution >= 4 is 23.1 Å². The Hall–Kier alpha value is -1.56. The normalized spacial score (nSPS) is 22.2. The van der Waals surface area contributed by atoms with Gasteiger partial charge in [0.25, 0.3) is 5.91 Å². The van der Waals surface area contributed by atoms with Crippen molar-refractivity contribution in [1.29, 1.82) is 0 Å². The number of rotatable bonds is 3. The Morgan fingerprint density at radius 2 is 2.11 bits per heavy atom. The van der Waals surface area contributed by atoms with Gasteiger partial charge in [-0.1, -0.05) is 18.6 Å². The molecule has 0 aliphatic heterocycles. The van der Waals surface area contributed by atoms with Crippen LogP contribution in [0.1, 0.15) is 29.6 Å². The smallest absolute Gasteiger partial charge is 0.254 e. The van der Waals surface area contributed by atoms with Crippen LogP contribution in [0.5, 0.6) is 0 Å². The number of benzene rings is 1. The second-order valence-electron chi connectivity index (χ2n) is 4.64. The van der Waals surface area contributed by atoms with E-state index >= 15 is 0 Å². The van der Waals surface area contributed by atoms with Crippen molar-refractivity contribution in [1.82, 2.24) is 5.32 Å². The van der Waals surface area contributed by atoms with Crippen LogP contribution in [0.2, 0.25) is 0 Å². The van der Waals surface area contributed by atoms with Crippen LogP contribution in [-0.2, 0) is 0 Å². The van der Waals surface area contributed by atoms with Crippen LogP contribution in [0.4, 0.5) is 8.78 Å². The van der Waals surface area contributed by atoms with Gasteiger partial charge in [-0.3, -0.25) is 4.79 Å². The molecule has 1 aromatic rings. The largest absolute Gasteiger partial charge is 0.393 e. The highest BCUT2D eigenvalue weighted by molar-refractivity contribution is 7.80. The fraction of sp³-hybridized carbons (Fsp3) is 0.385. The second-order valence-corrected chi connectivity index (χ2v) is 5.12. The fourth-order valence-corrected chi connectivity index (χ4v) is 2.68. The molecule has 0 radical (unpaired) electrons. The van der Waals surface area contributed by atoms with E-state index in [9.17, 15) is 13.6 Å². The summed E-state index contributed by atoms with van der Waals surface area (Å²) in [6, 6.07) is 2.70. The third kappa shape index (κ3) is 3.07. The molecule has 1 saturated carbocycles. The summed E-state index contributed by atoms with van der Waals surface area (Å²) in [6.07, 6.45) is 2.50. The van der Waals surface area contributed by atoms with Gasteiger partial charge in [0, 0.05) is 18.0 Å². The van der Waals surface area contributed by atoms with Crippen molar-refractivity contribution in [2.75, 3.05) is 0 Å². The van der Waals surface area contributed by atoms with Crippen LogP contribution in [0.25, 0.3) is 0 Å². The van der Waals surface area contributed by atoms with Crippen molar-refractivity contribution in [3.05, 3.63) is 35.4 Å². The first-order chi connectivity index (χ1) is 8.99. The zero-order chi connectivity index (χ0) is 14.0. The van der Waals surface area contributed by atoms with Gasteiger partial charge in [0.2, 0.25) is 0 Å². The zero-order valence-corrected chi connectivity index (χ0v) is 11.0. The quantitative estimate of drug-likeness (QED) is 0.836. The second kappa shape index (κ2) is 5.61. The van der Waals surface area contributed by atoms with Crippen molar-refractivity contribution in [2.45, 2.75) is 25.3 Å². The Labute approximate surface area is 115 Å². The minimum absolute atomic E-state index is 0.0533. The molecule has 0 spiro atoms. The number of carbonyl (C=O) groups excluding carboxylic acids is 1. The first kappa shape index (κ1) is 13.9. The van der Waals surface area contributed by atoms with Crippen molar-refractivity contribution < 1.29 is 13.6 Å². The predicted molar refractivity (Wildman–Crippen MR) is 71.7 cm³/mol. The number of amides is 1. The SMILES string of the molecule is NC(=S)C1CCCC1NC(=O)c1ccc(F)cc1F. The molecule has 3 N–H and O–H groups in total. The predicted octanol–water partition coefficient (Wildman–Crippen LogP) is 2.15. The van der Waals surface area contributed by atoms with Gasteiger partial charge >= 0.3 is 0 Å². The number of halogens is 2. The van der Waals surface area contributed by atoms with Gasteiger partial charge in [-0.15, -0.1) is 0 Å². The van der Waals surface area contributed by atoms with E-state index < -0.39 is 17.5 Å². The van der Waals surface area contributed by atoms with Crippen molar-refractivity contribution in [3.8, 4) is 0 Å². The molecular formula is C13H14F2N2OS. The summed E-state index contributed by atoms with van der Waals surface area (Å²) >= 11 is 4.95. The Balaban J connectivity index is 2.10. The van der Waals surface area contributed by atoms with E-state index in [2.05, 4.69) is 5.32 Å². The average molecular weight is 284 g/mol. The Morgan fingerprint density at radius 1 is 1.37 bits per heavy atom. The maximum Gasteiger partial charge on any atom is 0.254 e. The Morgan fingerprint density at radius 3 is 2.74 bits per heavy atom. The summed E-state index contributed by atoms with van der Waals surface area (Å²) in [5.74, 6) is -2.20. The topological polar surface area (TPSA) is 55.1 Å². The highest BCUT2D eigenvalue weighted by Crippen LogP contribution is 2.26. The summed E-state index contributed by atoms with van der Waals surface area (Å²) in [5.41, 5.74) is 5.44. The van der Waals surface area contributed by atoms with Gasteiger partial charge in [0.1, 0.15) is 11.6 Å². The molecule has 102 valence electrons. The molecule has 1 aliphatic rings. The van der Waals surface area contributed by atoms with E-state index in [-0.39, 0.29) is 17.5 Å². The zero-order valence-electron chi connectivity index (χ0n) is 10.2. The van der Waals surface area contributed by atoms with Crippen LogP contribution in [0.15, 0.2) is 18.2 Å². The molecule has 1 aromatic carbocycles. The van der Waals surface area contributed by atoms with Crippen molar-refractivity contribution in [2.24, 2.45) is 11.7 Å². The van der Waals surface area contributed by atoms with E-state index in [1.54, 1.807) is 0 Å². The minimum atomic E-state index is -0.873. The monoisotopic (exact) mass is 284 g/mol. The number of carbonyl (C=O) groups is 1. The van der Waals surface area contributed by atoms with Gasteiger partial charge in [-0.2, -0.15) is 0 Å². The molecule has 2 rings (SSSR count). The number of nitrogens with two attached hydrogens (primary N) is 1. The summed E-state index contributed by atoms with van der Waals surface area (Å²) in [7, 11) is 0. The fourth-order valence-electron chi connectivity index (χ4n) is 2.39. The summed E-state index contributed by atoms with van der Waals surface area (Å²) in [4.78, 5) is 12.3. The average Bonchev–Trinajstić information content (AvgIpc) is 2.76. The molecule has 0 saturated heterocycles. The molecule has 0 aromatic heterocycles. The van der Waals surface area contributed by atoms with E-state index in [0.29, 0.717) is 11.1 Å². The van der Waals surface area contributed by atoms with Gasteiger partial charge in [0.05, 0.1) is 10.6 Å². The lowest BCUT2D eigenvalue weighted by atomic mass is 10.0. The van der Waals surface area contributed by atoms with Crippen LogP contribution in [0, 0.1) is 17.6 Å². The third-order valence-electron chi connectivity index (χ3n) is 3.37. The van der Waals surface area contributed by atoms with Gasteiger partial charge < -0.3 is 11.1 Å². The number of nitrogens with one attached hydrogen (secondary N) is 1. The Kier molecular flexibility index (Phi) is 4.09. The van der Waals surface area contributed by atoms with E-state index in [1.165, 1.54) is 0 Å². The van der Waals surface area contributed by atoms with Gasteiger partial charge in [0.15, 0.2) is 0 Å². The van der Waals surface area contributed by atoms with E-state index in [0.717, 1.165) is 31.4 Å². The molecule has 2 atom stereocenters. The minimum Gasteiger partial charge on any atom is -0.393 e. The molecule has 1 aliphatic carbocycles. The highest BCUT2D eigenvalue weighted by Gasteiger charge is 2.31. The number of thiocarbonyl (C=S) groups is 1. The number of hydrogen-bond acceptors (Lipinski definition) is 2. The first-order valence-corrected chi connectivity index (χ1v) is 6.45. The maximum absolute atomic E-state index is 13.5. The first-order valence-electron chi connectivity index (χ1n) is 6.04. The van der Waals surface area contributed by atoms with Crippen LogP contribution in [-0.4, -0.2) is 16.9 Å². The summed E-state index contributed by atoms with van der Waals surface area (Å²) in [5, 5.41) is 2.72. The lowest BCUT2D eigenvalue weighted by Gasteiger charge is -2.20. The molecular weight excluding hydrogens is 270 g/mol. The molecule has 1 amide bonds. The molecule has 3 nitrogen and oxygen atoms in total. The van der Waals surface area contributed by atoms with Crippen LogP contribution < -0.4 is 11.1 Å². The molecule has 2 unspecified atom stereocenters. The molecule has 6 heteroatoms. The maximum atomic E-state index is 13.5. The third-order valence-corrected chi connectivity index (χ3v) is 3.68. The summed E-state index contributed by atoms with van der Waals surface area (Å²) in [6.45, 7) is 0. The van der Waals surface area contributed by atoms with Gasteiger partial charge in [-0.25, -0.2) is 8.78 Å².